The number of alkyl carbamates (subject to hydrolysis) is 1. The first-order valence-corrected chi connectivity index (χ1v) is 10.2. The van der Waals surface area contributed by atoms with Crippen LogP contribution in [0.5, 0.6) is 5.75 Å². The molecule has 1 atom stereocenters. The zero-order valence-corrected chi connectivity index (χ0v) is 19.2. The molecule has 0 spiro atoms. The molecule has 31 heavy (non-hydrogen) atoms. The van der Waals surface area contributed by atoms with Crippen LogP contribution in [0.15, 0.2) is 24.3 Å². The van der Waals surface area contributed by atoms with Gasteiger partial charge in [0, 0.05) is 12.2 Å². The molecule has 9 nitrogen and oxygen atoms in total. The van der Waals surface area contributed by atoms with Gasteiger partial charge >= 0.3 is 12.1 Å². The SMILES string of the molecule is CC(C)(C)OC(=O)CC(N)C(=O)Nc1ccc(OCCCNC(=O)OC(C)(C)C)cc1. The van der Waals surface area contributed by atoms with E-state index in [4.69, 9.17) is 19.9 Å². The van der Waals surface area contributed by atoms with Crippen LogP contribution in [-0.4, -0.2) is 48.4 Å². The molecule has 174 valence electrons. The van der Waals surface area contributed by atoms with Crippen molar-refractivity contribution in [2.75, 3.05) is 18.5 Å². The van der Waals surface area contributed by atoms with E-state index in [2.05, 4.69) is 10.6 Å². The van der Waals surface area contributed by atoms with Crippen molar-refractivity contribution >= 4 is 23.7 Å². The average Bonchev–Trinajstić information content (AvgIpc) is 2.59. The van der Waals surface area contributed by atoms with Crippen LogP contribution in [0.1, 0.15) is 54.4 Å². The summed E-state index contributed by atoms with van der Waals surface area (Å²) >= 11 is 0. The first-order chi connectivity index (χ1) is 14.2. The van der Waals surface area contributed by atoms with Gasteiger partial charge < -0.3 is 30.6 Å². The normalized spacial score (nSPS) is 12.5. The highest BCUT2D eigenvalue weighted by Gasteiger charge is 2.22. The predicted molar refractivity (Wildman–Crippen MR) is 118 cm³/mol. The molecule has 1 unspecified atom stereocenters. The zero-order valence-electron chi connectivity index (χ0n) is 19.2. The molecule has 1 aromatic rings. The topological polar surface area (TPSA) is 129 Å². The summed E-state index contributed by atoms with van der Waals surface area (Å²) in [5, 5.41) is 5.31. The van der Waals surface area contributed by atoms with Crippen molar-refractivity contribution in [1.82, 2.24) is 5.32 Å². The smallest absolute Gasteiger partial charge is 0.407 e. The van der Waals surface area contributed by atoms with Gasteiger partial charge in [0.25, 0.3) is 0 Å². The molecule has 4 N–H and O–H groups in total. The maximum atomic E-state index is 12.2. The van der Waals surface area contributed by atoms with Gasteiger partial charge in [-0.2, -0.15) is 0 Å². The van der Waals surface area contributed by atoms with Gasteiger partial charge in [-0.25, -0.2) is 4.79 Å². The second-order valence-corrected chi connectivity index (χ2v) is 9.04. The van der Waals surface area contributed by atoms with E-state index < -0.39 is 35.2 Å². The molecule has 0 heterocycles. The van der Waals surface area contributed by atoms with Crippen LogP contribution < -0.4 is 21.1 Å². The Labute approximate surface area is 184 Å². The largest absolute Gasteiger partial charge is 0.494 e. The van der Waals surface area contributed by atoms with E-state index in [0.29, 0.717) is 31.0 Å². The first kappa shape index (κ1) is 26.2. The third-order valence-corrected chi connectivity index (χ3v) is 3.52. The summed E-state index contributed by atoms with van der Waals surface area (Å²) in [6.45, 7) is 11.5. The Balaban J connectivity index is 2.34. The standard InChI is InChI=1S/C22H35N3O6/c1-21(2,3)30-18(26)14-17(23)19(27)25-15-8-10-16(11-9-15)29-13-7-12-24-20(28)31-22(4,5)6/h8-11,17H,7,12-14,23H2,1-6H3,(H,24,28)(H,25,27). The number of esters is 1. The van der Waals surface area contributed by atoms with Crippen LogP contribution in [0.3, 0.4) is 0 Å². The third-order valence-electron chi connectivity index (χ3n) is 3.52. The minimum Gasteiger partial charge on any atom is -0.494 e. The average molecular weight is 438 g/mol. The van der Waals surface area contributed by atoms with Crippen molar-refractivity contribution < 1.29 is 28.6 Å². The van der Waals surface area contributed by atoms with E-state index in [0.717, 1.165) is 0 Å². The lowest BCUT2D eigenvalue weighted by atomic mass is 10.1. The molecule has 0 aromatic heterocycles. The van der Waals surface area contributed by atoms with Gasteiger partial charge in [-0.3, -0.25) is 9.59 Å². The fourth-order valence-corrected chi connectivity index (χ4v) is 2.29. The summed E-state index contributed by atoms with van der Waals surface area (Å²) in [6.07, 6.45) is -0.0590. The molecule has 0 fully saturated rings. The van der Waals surface area contributed by atoms with Gasteiger partial charge in [0.2, 0.25) is 5.91 Å². The summed E-state index contributed by atoms with van der Waals surface area (Å²) in [5.41, 5.74) is 5.16. The number of carbonyl (C=O) groups excluding carboxylic acids is 3. The molecule has 1 aromatic carbocycles. The van der Waals surface area contributed by atoms with Crippen molar-refractivity contribution in [3.63, 3.8) is 0 Å². The second-order valence-electron chi connectivity index (χ2n) is 9.04. The zero-order chi connectivity index (χ0) is 23.7. The third kappa shape index (κ3) is 12.5. The lowest BCUT2D eigenvalue weighted by Crippen LogP contribution is -2.39. The minimum absolute atomic E-state index is 0.207. The Morgan fingerprint density at radius 2 is 1.55 bits per heavy atom. The van der Waals surface area contributed by atoms with Crippen molar-refractivity contribution in [3.8, 4) is 5.75 Å². The highest BCUT2D eigenvalue weighted by Crippen LogP contribution is 2.16. The number of benzene rings is 1. The monoisotopic (exact) mass is 437 g/mol. The quantitative estimate of drug-likeness (QED) is 0.400. The summed E-state index contributed by atoms with van der Waals surface area (Å²) < 4.78 is 15.9. The molecule has 0 aliphatic rings. The van der Waals surface area contributed by atoms with Crippen LogP contribution >= 0.6 is 0 Å². The summed E-state index contributed by atoms with van der Waals surface area (Å²) in [5.74, 6) is -0.388. The number of nitrogens with one attached hydrogen (secondary N) is 2. The van der Waals surface area contributed by atoms with Crippen molar-refractivity contribution in [1.29, 1.82) is 0 Å². The Hall–Kier alpha value is -2.81. The fourth-order valence-electron chi connectivity index (χ4n) is 2.29. The minimum atomic E-state index is -1.01. The van der Waals surface area contributed by atoms with Crippen LogP contribution in [0.4, 0.5) is 10.5 Å². The first-order valence-electron chi connectivity index (χ1n) is 10.2. The molecule has 2 amide bonds. The molecule has 0 radical (unpaired) electrons. The fraction of sp³-hybridized carbons (Fsp3) is 0.591. The van der Waals surface area contributed by atoms with Gasteiger partial charge in [-0.1, -0.05) is 0 Å². The molecule has 0 aliphatic carbocycles. The van der Waals surface area contributed by atoms with Crippen molar-refractivity contribution in [2.45, 2.75) is 71.6 Å². The highest BCUT2D eigenvalue weighted by molar-refractivity contribution is 5.96. The van der Waals surface area contributed by atoms with Crippen molar-refractivity contribution in [3.05, 3.63) is 24.3 Å². The van der Waals surface area contributed by atoms with E-state index in [1.807, 2.05) is 0 Å². The number of ether oxygens (including phenoxy) is 3. The molecule has 0 bridgehead atoms. The molecule has 0 saturated carbocycles. The molecular formula is C22H35N3O6. The summed E-state index contributed by atoms with van der Waals surface area (Å²) in [7, 11) is 0. The highest BCUT2D eigenvalue weighted by atomic mass is 16.6. The van der Waals surface area contributed by atoms with E-state index in [1.54, 1.807) is 65.8 Å². The van der Waals surface area contributed by atoms with Crippen LogP contribution in [0.25, 0.3) is 0 Å². The van der Waals surface area contributed by atoms with Gasteiger partial charge in [0.15, 0.2) is 0 Å². The van der Waals surface area contributed by atoms with Gasteiger partial charge in [0.1, 0.15) is 17.0 Å². The van der Waals surface area contributed by atoms with Gasteiger partial charge in [-0.05, 0) is 72.2 Å². The number of amides is 2. The van der Waals surface area contributed by atoms with Crippen LogP contribution in [0, 0.1) is 0 Å². The van der Waals surface area contributed by atoms with Gasteiger partial charge in [-0.15, -0.1) is 0 Å². The predicted octanol–water partition coefficient (Wildman–Crippen LogP) is 2.98. The Bertz CT molecular complexity index is 735. The van der Waals surface area contributed by atoms with E-state index >= 15 is 0 Å². The number of carbonyl (C=O) groups is 3. The Morgan fingerprint density at radius 3 is 2.10 bits per heavy atom. The summed E-state index contributed by atoms with van der Waals surface area (Å²) in [6, 6.07) is 5.74. The van der Waals surface area contributed by atoms with Crippen LogP contribution in [0.2, 0.25) is 0 Å². The van der Waals surface area contributed by atoms with Crippen LogP contribution in [-0.2, 0) is 19.1 Å². The maximum absolute atomic E-state index is 12.2. The van der Waals surface area contributed by atoms with E-state index in [9.17, 15) is 14.4 Å². The van der Waals surface area contributed by atoms with Gasteiger partial charge in [0.05, 0.1) is 19.1 Å². The van der Waals surface area contributed by atoms with Crippen molar-refractivity contribution in [2.24, 2.45) is 5.73 Å². The molecule has 1 rings (SSSR count). The molecular weight excluding hydrogens is 402 g/mol. The molecule has 0 saturated heterocycles. The lowest BCUT2D eigenvalue weighted by Gasteiger charge is -2.20. The number of hydrogen-bond donors (Lipinski definition) is 3. The number of rotatable bonds is 9. The number of hydrogen-bond acceptors (Lipinski definition) is 7. The second kappa shape index (κ2) is 11.5. The number of anilines is 1. The summed E-state index contributed by atoms with van der Waals surface area (Å²) in [4.78, 5) is 35.5. The number of nitrogens with two attached hydrogens (primary N) is 1. The Morgan fingerprint density at radius 1 is 0.968 bits per heavy atom. The molecule has 9 heteroatoms. The Kier molecular flexibility index (Phi) is 9.77. The maximum Gasteiger partial charge on any atom is 0.407 e. The lowest BCUT2D eigenvalue weighted by molar-refractivity contribution is -0.155. The molecule has 0 aliphatic heterocycles. The van der Waals surface area contributed by atoms with E-state index in [-0.39, 0.29) is 6.42 Å². The van der Waals surface area contributed by atoms with E-state index in [1.165, 1.54) is 0 Å².